The maximum atomic E-state index is 7.43. The molecular formula is C88H78N4O12. The number of aromatic nitrogens is 4. The molecule has 0 atom stereocenters. The Morgan fingerprint density at radius 3 is 0.673 bits per heavy atom. The number of rotatable bonds is 8. The second-order valence-electron chi connectivity index (χ2n) is 26.6. The molecule has 0 amide bonds. The van der Waals surface area contributed by atoms with Crippen LogP contribution in [-0.4, -0.2) is 103 Å². The third kappa shape index (κ3) is 11.2. The minimum absolute atomic E-state index is 0.220. The van der Waals surface area contributed by atoms with Crippen molar-refractivity contribution in [1.82, 2.24) is 19.9 Å². The number of hydrogen-bond donors (Lipinski definition) is 2. The summed E-state index contributed by atoms with van der Waals surface area (Å²) in [6.45, 7) is 0.880. The van der Waals surface area contributed by atoms with Crippen LogP contribution in [0.2, 0.25) is 0 Å². The maximum Gasteiger partial charge on any atom is 0.127 e. The lowest BCUT2D eigenvalue weighted by atomic mass is 9.77. The third-order valence-electron chi connectivity index (χ3n) is 21.4. The number of fused-ring (bicyclic) bond motifs is 8. The number of para-hydroxylation sites is 4. The Morgan fingerprint density at radius 2 is 0.471 bits per heavy atom. The minimum Gasteiger partial charge on any atom is -0.496 e. The summed E-state index contributed by atoms with van der Waals surface area (Å²) in [6.07, 6.45) is 10.1. The van der Waals surface area contributed by atoms with Crippen LogP contribution < -0.4 is 56.8 Å². The largest absolute Gasteiger partial charge is 0.496 e. The Kier molecular flexibility index (Phi) is 17.2. The summed E-state index contributed by atoms with van der Waals surface area (Å²) in [7, 11) is 13.7. The Bertz CT molecular complexity index is 4830. The molecule has 104 heavy (non-hydrogen) atoms. The average molecular weight is 1380 g/mol. The zero-order chi connectivity index (χ0) is 70.7. The predicted molar refractivity (Wildman–Crippen MR) is 407 cm³/mol. The monoisotopic (exact) mass is 1380 g/mol. The first-order chi connectivity index (χ1) is 51.2. The molecule has 24 bridgehead atoms. The second kappa shape index (κ2) is 27.4. The summed E-state index contributed by atoms with van der Waals surface area (Å²) < 4.78 is 82.9. The Hall–Kier alpha value is -12.0. The molecule has 0 unspecified atom stereocenters. The fourth-order valence-electron chi connectivity index (χ4n) is 16.6. The van der Waals surface area contributed by atoms with Crippen LogP contribution in [0.3, 0.4) is 0 Å². The molecule has 2 N–H and O–H groups in total. The van der Waals surface area contributed by atoms with Gasteiger partial charge in [-0.3, -0.25) is 0 Å². The first-order valence-corrected chi connectivity index (χ1v) is 35.3. The number of methoxy groups -OCH3 is 8. The number of nitrogens with one attached hydrogen (secondary N) is 2. The van der Waals surface area contributed by atoms with Crippen LogP contribution in [0.5, 0.6) is 69.0 Å². The number of aromatic amines is 2. The van der Waals surface area contributed by atoms with E-state index in [1.165, 1.54) is 0 Å². The van der Waals surface area contributed by atoms with Crippen molar-refractivity contribution >= 4 is 46.4 Å². The summed E-state index contributed by atoms with van der Waals surface area (Å²) in [6, 6.07) is 58.5. The second-order valence-corrected chi connectivity index (χ2v) is 26.6. The molecule has 1 aliphatic carbocycles. The van der Waals surface area contributed by atoms with E-state index in [4.69, 9.17) is 66.8 Å². The van der Waals surface area contributed by atoms with Crippen molar-refractivity contribution in [3.05, 3.63) is 237 Å². The van der Waals surface area contributed by atoms with Gasteiger partial charge in [-0.2, -0.15) is 0 Å². The van der Waals surface area contributed by atoms with Crippen LogP contribution in [0, 0.1) is 0 Å². The lowest BCUT2D eigenvalue weighted by molar-refractivity contribution is 0.297. The van der Waals surface area contributed by atoms with Crippen LogP contribution in [0.15, 0.2) is 170 Å². The van der Waals surface area contributed by atoms with Gasteiger partial charge in [-0.1, -0.05) is 72.8 Å². The zero-order valence-corrected chi connectivity index (χ0v) is 59.2. The Labute approximate surface area is 603 Å². The third-order valence-corrected chi connectivity index (χ3v) is 21.4. The first kappa shape index (κ1) is 65.3. The van der Waals surface area contributed by atoms with E-state index in [9.17, 15) is 0 Å². The number of H-pyrrole nitrogens is 2. The van der Waals surface area contributed by atoms with Gasteiger partial charge in [0.15, 0.2) is 0 Å². The van der Waals surface area contributed by atoms with Crippen molar-refractivity contribution in [2.75, 3.05) is 83.3 Å². The van der Waals surface area contributed by atoms with Gasteiger partial charge in [-0.15, -0.1) is 0 Å². The summed E-state index contributed by atoms with van der Waals surface area (Å²) >= 11 is 0. The van der Waals surface area contributed by atoms with Gasteiger partial charge >= 0.3 is 0 Å². The van der Waals surface area contributed by atoms with Gasteiger partial charge in [0, 0.05) is 159 Å². The fourth-order valence-corrected chi connectivity index (χ4v) is 16.6. The van der Waals surface area contributed by atoms with Crippen LogP contribution in [0.25, 0.3) is 90.9 Å². The molecule has 18 rings (SSSR count). The van der Waals surface area contributed by atoms with Crippen molar-refractivity contribution in [2.24, 2.45) is 0 Å². The van der Waals surface area contributed by atoms with Crippen molar-refractivity contribution in [3.63, 3.8) is 0 Å². The van der Waals surface area contributed by atoms with Gasteiger partial charge in [0.1, 0.15) is 69.0 Å². The van der Waals surface area contributed by atoms with E-state index in [0.717, 1.165) is 111 Å². The van der Waals surface area contributed by atoms with Crippen LogP contribution in [0.1, 0.15) is 117 Å². The maximum absolute atomic E-state index is 7.43. The molecule has 0 saturated carbocycles. The number of nitrogens with zero attached hydrogens (tertiary/aromatic N) is 2. The van der Waals surface area contributed by atoms with Crippen molar-refractivity contribution in [2.45, 2.75) is 49.4 Å². The summed E-state index contributed by atoms with van der Waals surface area (Å²) in [5.41, 5.74) is 19.4. The highest BCUT2D eigenvalue weighted by Gasteiger charge is 2.37. The molecule has 7 aliphatic rings. The first-order valence-electron chi connectivity index (χ1n) is 35.3. The van der Waals surface area contributed by atoms with Crippen LogP contribution >= 0.6 is 0 Å². The van der Waals surface area contributed by atoms with E-state index >= 15 is 0 Å². The standard InChI is InChI=1S/C88H78N4O12/c1-93-77-45-78(94-2)58-41-57(77)49-33-37-101-73-21-13-9-17-53(73)85-65-25-27-67(89-65)86-54-18-10-14-22-74(54)102-38-34-50(58)61-43-62(82(98-6)47-81(61)97-5)52-36-40-104-76-24-16-12-20-56(76)88(71-30-29-68(86)91-71)72-32-31-70(92-72)87(69-28-26-66(85)90-69)55-19-11-15-23-75(55)103-39-35-51(60-42-59(49)79(95-3)46-80(60)96-4)63-44-64(52)84(100-8)48-83(63)99-7/h9-32,41-52,89,92H,33-40H2,1-8H3. The highest BCUT2D eigenvalue weighted by Crippen LogP contribution is 2.55. The fraction of sp³-hybridized carbons (Fsp3) is 0.227. The van der Waals surface area contributed by atoms with Gasteiger partial charge < -0.3 is 66.8 Å². The molecule has 9 heterocycles. The van der Waals surface area contributed by atoms with E-state index in [1.54, 1.807) is 56.9 Å². The molecule has 16 heteroatoms. The van der Waals surface area contributed by atoms with Gasteiger partial charge in [0.2, 0.25) is 0 Å². The lowest BCUT2D eigenvalue weighted by Crippen LogP contribution is -2.17. The predicted octanol–water partition coefficient (Wildman–Crippen LogP) is 19.0. The Balaban J connectivity index is 1.11. The number of ether oxygens (including phenoxy) is 12. The smallest absolute Gasteiger partial charge is 0.127 e. The Morgan fingerprint density at radius 1 is 0.269 bits per heavy atom. The van der Waals surface area contributed by atoms with Crippen molar-refractivity contribution in [1.29, 1.82) is 0 Å². The summed E-state index contributed by atoms with van der Waals surface area (Å²) in [5, 5.41) is 0. The van der Waals surface area contributed by atoms with Gasteiger partial charge in [-0.25, -0.2) is 9.97 Å². The lowest BCUT2D eigenvalue weighted by Gasteiger charge is -2.31. The molecular weight excluding hydrogens is 1300 g/mol. The van der Waals surface area contributed by atoms with Crippen LogP contribution in [0.4, 0.5) is 0 Å². The summed E-state index contributed by atoms with van der Waals surface area (Å²) in [4.78, 5) is 19.6. The van der Waals surface area contributed by atoms with E-state index in [2.05, 4.69) is 131 Å². The number of benzene rings is 8. The van der Waals surface area contributed by atoms with Crippen molar-refractivity contribution < 1.29 is 56.8 Å². The summed E-state index contributed by atoms with van der Waals surface area (Å²) in [5.74, 6) is 5.34. The van der Waals surface area contributed by atoms with Gasteiger partial charge in [-0.05, 0) is 123 Å². The van der Waals surface area contributed by atoms with Crippen LogP contribution in [-0.2, 0) is 0 Å². The molecule has 3 aromatic heterocycles. The highest BCUT2D eigenvalue weighted by atomic mass is 16.5. The molecule has 6 aliphatic heterocycles. The molecule has 0 radical (unpaired) electrons. The van der Waals surface area contributed by atoms with E-state index < -0.39 is 23.7 Å². The molecule has 522 valence electrons. The van der Waals surface area contributed by atoms with Crippen molar-refractivity contribution in [3.8, 4) is 114 Å². The normalized spacial score (nSPS) is 16.8. The highest BCUT2D eigenvalue weighted by molar-refractivity contribution is 6.02. The van der Waals surface area contributed by atoms with E-state index in [0.29, 0.717) is 117 Å². The molecule has 8 aromatic carbocycles. The minimum atomic E-state index is -0.503. The molecule has 0 saturated heterocycles. The molecule has 0 fully saturated rings. The van der Waals surface area contributed by atoms with E-state index in [-0.39, 0.29) is 26.4 Å². The molecule has 11 aromatic rings. The van der Waals surface area contributed by atoms with Gasteiger partial charge in [0.25, 0.3) is 0 Å². The quantitative estimate of drug-likeness (QED) is 0.147. The number of hydrogen-bond acceptors (Lipinski definition) is 14. The SMILES string of the molecule is COc1cc(OC)c2cc1C1CCOc3ccccc3-c3c4nc(c5c6ccc([nH]6)c6c7nc(c(c8ccc3[nH]8)-c3ccccc3OCCC2c2cc(c(OC)cc2OC)C(CCOc2ccccc2-6)c2cc(c(OC)cc2OC)C(CCOc2ccccc2-5)c2cc1c(OC)cc2OC)C=C7)C=C4. The average Bonchev–Trinajstić information content (AvgIpc) is 1.03. The molecule has 16 nitrogen and oxygen atoms in total. The van der Waals surface area contributed by atoms with Gasteiger partial charge in [0.05, 0.1) is 106 Å². The molecule has 0 spiro atoms. The van der Waals surface area contributed by atoms with E-state index in [1.807, 2.05) is 72.8 Å². The zero-order valence-electron chi connectivity index (χ0n) is 59.2. The topological polar surface area (TPSA) is 168 Å².